The zero-order valence-corrected chi connectivity index (χ0v) is 20.8. The summed E-state index contributed by atoms with van der Waals surface area (Å²) in [6.07, 6.45) is 2.76. The van der Waals surface area contributed by atoms with Gasteiger partial charge < -0.3 is 19.3 Å². The van der Waals surface area contributed by atoms with E-state index in [1.807, 2.05) is 6.07 Å². The van der Waals surface area contributed by atoms with Crippen LogP contribution in [0, 0.1) is 5.41 Å². The molecular weight excluding hydrogens is 513 g/mol. The molecule has 3 fully saturated rings. The van der Waals surface area contributed by atoms with Crippen LogP contribution in [0.25, 0.3) is 0 Å². The van der Waals surface area contributed by atoms with E-state index < -0.39 is 11.5 Å². The first-order valence-electron chi connectivity index (χ1n) is 11.2. The number of carbonyl (C=O) groups is 2. The number of benzene rings is 1. The Bertz CT molecular complexity index is 1290. The topological polar surface area (TPSA) is 113 Å². The molecule has 1 unspecified atom stereocenters. The average Bonchev–Trinajstić information content (AvgIpc) is 3.56. The van der Waals surface area contributed by atoms with Crippen LogP contribution in [-0.2, 0) is 10.2 Å². The monoisotopic (exact) mass is 533 g/mol. The van der Waals surface area contributed by atoms with Crippen LogP contribution < -0.4 is 0 Å². The van der Waals surface area contributed by atoms with Gasteiger partial charge in [0.15, 0.2) is 0 Å². The molecule has 1 aromatic carbocycles. The molecule has 1 aliphatic carbocycles. The maximum absolute atomic E-state index is 13.1. The molecule has 6 rings (SSSR count). The zero-order valence-electron chi connectivity index (χ0n) is 18.4. The summed E-state index contributed by atoms with van der Waals surface area (Å²) in [4.78, 5) is 32.5. The molecule has 1 atom stereocenters. The largest absolute Gasteiger partial charge is 0.424 e. The van der Waals surface area contributed by atoms with Crippen molar-refractivity contribution < 1.29 is 19.1 Å². The lowest BCUT2D eigenvalue weighted by Gasteiger charge is -2.48. The highest BCUT2D eigenvalue weighted by atomic mass is 35.5. The highest BCUT2D eigenvalue weighted by molar-refractivity contribution is 7.11. The molecule has 3 aromatic rings. The summed E-state index contributed by atoms with van der Waals surface area (Å²) in [7, 11) is 0. The fraction of sp³-hybridized carbons (Fsp3) is 0.435. The van der Waals surface area contributed by atoms with Crippen LogP contribution in [0.5, 0.6) is 0 Å². The van der Waals surface area contributed by atoms with Gasteiger partial charge in [0.1, 0.15) is 4.88 Å². The van der Waals surface area contributed by atoms with Crippen LogP contribution in [0.4, 0.5) is 0 Å². The van der Waals surface area contributed by atoms with Crippen molar-refractivity contribution in [2.24, 2.45) is 5.41 Å². The van der Waals surface area contributed by atoms with E-state index in [9.17, 15) is 14.7 Å². The summed E-state index contributed by atoms with van der Waals surface area (Å²) in [6, 6.07) is 5.37. The van der Waals surface area contributed by atoms with Crippen LogP contribution in [0.3, 0.4) is 0 Å². The number of rotatable bonds is 5. The van der Waals surface area contributed by atoms with Gasteiger partial charge in [0.2, 0.25) is 18.2 Å². The van der Waals surface area contributed by atoms with E-state index in [-0.39, 0.29) is 17.2 Å². The number of likely N-dealkylation sites (tertiary alicyclic amines) is 2. The van der Waals surface area contributed by atoms with Crippen molar-refractivity contribution in [3.8, 4) is 0 Å². The van der Waals surface area contributed by atoms with Crippen LogP contribution in [-0.4, -0.2) is 74.7 Å². The van der Waals surface area contributed by atoms with Crippen LogP contribution in [0.15, 0.2) is 34.3 Å². The van der Waals surface area contributed by atoms with Crippen molar-refractivity contribution >= 4 is 46.9 Å². The fourth-order valence-corrected chi connectivity index (χ4v) is 6.62. The lowest BCUT2D eigenvalue weighted by Crippen LogP contribution is -2.59. The molecule has 182 valence electrons. The van der Waals surface area contributed by atoms with Gasteiger partial charge >= 0.3 is 0 Å². The molecule has 1 spiro atoms. The second-order valence-corrected chi connectivity index (χ2v) is 11.4. The normalized spacial score (nSPS) is 27.1. The number of aliphatic hydroxyl groups excluding tert-OH is 1. The number of amides is 2. The number of nitrogens with zero attached hydrogens (tertiary/aromatic N) is 5. The molecule has 2 amide bonds. The first-order chi connectivity index (χ1) is 16.8. The predicted octanol–water partition coefficient (Wildman–Crippen LogP) is 2.97. The van der Waals surface area contributed by atoms with Gasteiger partial charge in [0, 0.05) is 31.6 Å². The van der Waals surface area contributed by atoms with E-state index in [0.29, 0.717) is 65.7 Å². The number of hydrogen-bond donors (Lipinski definition) is 1. The third-order valence-electron chi connectivity index (χ3n) is 7.55. The van der Waals surface area contributed by atoms with Crippen molar-refractivity contribution in [2.45, 2.75) is 30.3 Å². The van der Waals surface area contributed by atoms with Crippen LogP contribution >= 0.6 is 34.5 Å². The van der Waals surface area contributed by atoms with Gasteiger partial charge in [-0.05, 0) is 30.5 Å². The summed E-state index contributed by atoms with van der Waals surface area (Å²) < 4.78 is 6.30. The number of halogens is 2. The lowest BCUT2D eigenvalue weighted by atomic mass is 9.62. The van der Waals surface area contributed by atoms with E-state index in [2.05, 4.69) is 15.2 Å². The number of carbonyl (C=O) groups excluding carboxylic acids is 2. The Balaban J connectivity index is 1.33. The van der Waals surface area contributed by atoms with Crippen molar-refractivity contribution in [1.82, 2.24) is 25.0 Å². The minimum Gasteiger partial charge on any atom is -0.424 e. The predicted molar refractivity (Wildman–Crippen MR) is 128 cm³/mol. The Hall–Kier alpha value is -2.53. The SMILES string of the molecule is O=CN1CC2(C1)CN(C(=O)c1cncs1)CC2c1nnc(C2(c3ccc(Cl)c(Cl)c3)CC(O)C2)o1. The first kappa shape index (κ1) is 22.9. The second kappa shape index (κ2) is 8.26. The summed E-state index contributed by atoms with van der Waals surface area (Å²) in [5.41, 5.74) is 1.48. The van der Waals surface area contributed by atoms with E-state index in [1.165, 1.54) is 11.3 Å². The highest BCUT2D eigenvalue weighted by Gasteiger charge is 2.58. The van der Waals surface area contributed by atoms with E-state index in [1.54, 1.807) is 33.6 Å². The van der Waals surface area contributed by atoms with Gasteiger partial charge in [-0.2, -0.15) is 0 Å². The maximum atomic E-state index is 13.1. The van der Waals surface area contributed by atoms with E-state index >= 15 is 0 Å². The van der Waals surface area contributed by atoms with Gasteiger partial charge in [-0.25, -0.2) is 0 Å². The zero-order chi connectivity index (χ0) is 24.4. The molecule has 1 N–H and O–H groups in total. The van der Waals surface area contributed by atoms with E-state index in [0.717, 1.165) is 12.0 Å². The quantitative estimate of drug-likeness (QED) is 0.501. The lowest BCUT2D eigenvalue weighted by molar-refractivity contribution is -0.129. The summed E-state index contributed by atoms with van der Waals surface area (Å²) in [6.45, 7) is 1.94. The summed E-state index contributed by atoms with van der Waals surface area (Å²) >= 11 is 13.7. The molecule has 2 saturated heterocycles. The molecule has 2 aliphatic heterocycles. The molecule has 4 heterocycles. The van der Waals surface area contributed by atoms with Gasteiger partial charge in [-0.3, -0.25) is 14.6 Å². The Kier molecular flexibility index (Phi) is 5.41. The molecule has 2 aromatic heterocycles. The Morgan fingerprint density at radius 3 is 2.66 bits per heavy atom. The minimum atomic E-state index is -0.656. The first-order valence-corrected chi connectivity index (χ1v) is 12.8. The molecule has 0 radical (unpaired) electrons. The molecule has 12 heteroatoms. The second-order valence-electron chi connectivity index (χ2n) is 9.70. The summed E-state index contributed by atoms with van der Waals surface area (Å²) in [5.74, 6) is 0.539. The molecule has 0 bridgehead atoms. The molecule has 1 saturated carbocycles. The fourth-order valence-electron chi connectivity index (χ4n) is 5.74. The standard InChI is InChI=1S/C23H21Cl2N5O4S/c24-16-2-1-13(3-17(16)25)23(4-14(32)5-23)21-28-27-19(34-21)15-7-30(20(33)18-6-26-11-35-18)10-22(15)8-29(9-22)12-31/h1-3,6,11-12,14-15,32H,4-5,7-10H2. The maximum Gasteiger partial charge on any atom is 0.265 e. The van der Waals surface area contributed by atoms with Crippen molar-refractivity contribution in [2.75, 3.05) is 26.2 Å². The number of thiazole rings is 1. The van der Waals surface area contributed by atoms with Gasteiger partial charge in [0.25, 0.3) is 5.91 Å². The number of hydrogen-bond acceptors (Lipinski definition) is 8. The molecule has 35 heavy (non-hydrogen) atoms. The third kappa shape index (κ3) is 3.57. The van der Waals surface area contributed by atoms with Gasteiger partial charge in [0.05, 0.1) is 39.2 Å². The van der Waals surface area contributed by atoms with Crippen molar-refractivity contribution in [3.05, 3.63) is 62.2 Å². The molecule has 9 nitrogen and oxygen atoms in total. The van der Waals surface area contributed by atoms with Gasteiger partial charge in [-0.1, -0.05) is 29.3 Å². The van der Waals surface area contributed by atoms with Crippen molar-refractivity contribution in [3.63, 3.8) is 0 Å². The average molecular weight is 534 g/mol. The summed E-state index contributed by atoms with van der Waals surface area (Å²) in [5, 5.41) is 19.9. The van der Waals surface area contributed by atoms with Gasteiger partial charge in [-0.15, -0.1) is 21.5 Å². The van der Waals surface area contributed by atoms with Crippen molar-refractivity contribution in [1.29, 1.82) is 0 Å². The number of aromatic nitrogens is 3. The Labute approximate surface area is 214 Å². The Morgan fingerprint density at radius 1 is 1.20 bits per heavy atom. The highest BCUT2D eigenvalue weighted by Crippen LogP contribution is 2.52. The van der Waals surface area contributed by atoms with E-state index in [4.69, 9.17) is 27.6 Å². The Morgan fingerprint density at radius 2 is 2.00 bits per heavy atom. The van der Waals surface area contributed by atoms with Crippen LogP contribution in [0.2, 0.25) is 10.0 Å². The molecular formula is C23H21Cl2N5O4S. The molecule has 3 aliphatic rings. The smallest absolute Gasteiger partial charge is 0.265 e. The third-order valence-corrected chi connectivity index (χ3v) is 9.05. The number of aliphatic hydroxyl groups is 1. The van der Waals surface area contributed by atoms with Crippen LogP contribution in [0.1, 0.15) is 45.8 Å². The minimum absolute atomic E-state index is 0.0898.